The van der Waals surface area contributed by atoms with Crippen LogP contribution in [0.5, 0.6) is 0 Å². The number of hydrogen-bond acceptors (Lipinski definition) is 3. The molecule has 0 N–H and O–H groups in total. The molecule has 0 spiro atoms. The minimum atomic E-state index is 0.348. The van der Waals surface area contributed by atoms with Gasteiger partial charge in [0.2, 0.25) is 5.91 Å². The largest absolute Gasteiger partial charge is 0.378 e. The van der Waals surface area contributed by atoms with E-state index in [1.54, 1.807) is 0 Å². The van der Waals surface area contributed by atoms with Crippen LogP contribution < -0.4 is 0 Å². The molecule has 0 radical (unpaired) electrons. The van der Waals surface area contributed by atoms with Crippen molar-refractivity contribution in [2.24, 2.45) is 11.8 Å². The Hall–Kier alpha value is -0.610. The molecule has 120 valence electrons. The maximum atomic E-state index is 12.3. The molecule has 3 heterocycles. The molecule has 4 heteroatoms. The summed E-state index contributed by atoms with van der Waals surface area (Å²) in [6, 6.07) is 0. The molecule has 21 heavy (non-hydrogen) atoms. The Morgan fingerprint density at radius 3 is 2.57 bits per heavy atom. The Morgan fingerprint density at radius 2 is 1.86 bits per heavy atom. The van der Waals surface area contributed by atoms with Crippen molar-refractivity contribution in [2.45, 2.75) is 51.0 Å². The molecule has 3 aliphatic rings. The first kappa shape index (κ1) is 15.3. The van der Waals surface area contributed by atoms with E-state index in [0.29, 0.717) is 18.4 Å². The van der Waals surface area contributed by atoms with Crippen molar-refractivity contribution < 1.29 is 9.53 Å². The number of carbonyl (C=O) groups excluding carboxylic acids is 1. The van der Waals surface area contributed by atoms with Gasteiger partial charge in [0.15, 0.2) is 0 Å². The summed E-state index contributed by atoms with van der Waals surface area (Å²) >= 11 is 0. The Labute approximate surface area is 128 Å². The van der Waals surface area contributed by atoms with Gasteiger partial charge in [0.1, 0.15) is 0 Å². The van der Waals surface area contributed by atoms with Crippen LogP contribution in [0.25, 0.3) is 0 Å². The van der Waals surface area contributed by atoms with Gasteiger partial charge in [-0.25, -0.2) is 0 Å². The molecule has 0 aromatic rings. The van der Waals surface area contributed by atoms with Crippen molar-refractivity contribution in [3.8, 4) is 0 Å². The average Bonchev–Trinajstić information content (AvgIpc) is 3.17. The molecule has 0 saturated carbocycles. The van der Waals surface area contributed by atoms with Gasteiger partial charge < -0.3 is 14.5 Å². The van der Waals surface area contributed by atoms with Crippen molar-refractivity contribution in [3.05, 3.63) is 0 Å². The Morgan fingerprint density at radius 1 is 1.10 bits per heavy atom. The molecule has 4 nitrogen and oxygen atoms in total. The van der Waals surface area contributed by atoms with E-state index in [0.717, 1.165) is 44.4 Å². The molecule has 0 aromatic carbocycles. The summed E-state index contributed by atoms with van der Waals surface area (Å²) in [7, 11) is 2.21. The summed E-state index contributed by atoms with van der Waals surface area (Å²) < 4.78 is 5.62. The summed E-state index contributed by atoms with van der Waals surface area (Å²) in [4.78, 5) is 16.9. The second kappa shape index (κ2) is 7.10. The lowest BCUT2D eigenvalue weighted by Gasteiger charge is -2.32. The van der Waals surface area contributed by atoms with Gasteiger partial charge in [0, 0.05) is 26.1 Å². The third-order valence-electron chi connectivity index (χ3n) is 5.71. The number of carbonyl (C=O) groups is 1. The predicted octanol–water partition coefficient (Wildman–Crippen LogP) is 2.14. The van der Waals surface area contributed by atoms with Gasteiger partial charge in [-0.15, -0.1) is 0 Å². The second-order valence-corrected chi connectivity index (χ2v) is 7.20. The summed E-state index contributed by atoms with van der Waals surface area (Å²) in [5, 5.41) is 0. The van der Waals surface area contributed by atoms with Crippen LogP contribution in [0.3, 0.4) is 0 Å². The fourth-order valence-corrected chi connectivity index (χ4v) is 4.21. The zero-order valence-electron chi connectivity index (χ0n) is 13.4. The van der Waals surface area contributed by atoms with Crippen LogP contribution in [0.15, 0.2) is 0 Å². The van der Waals surface area contributed by atoms with Gasteiger partial charge in [-0.3, -0.25) is 4.79 Å². The van der Waals surface area contributed by atoms with Gasteiger partial charge in [-0.2, -0.15) is 0 Å². The Balaban J connectivity index is 1.40. The van der Waals surface area contributed by atoms with E-state index in [1.165, 1.54) is 38.8 Å². The van der Waals surface area contributed by atoms with Crippen LogP contribution in [0.1, 0.15) is 44.9 Å². The highest BCUT2D eigenvalue weighted by atomic mass is 16.5. The number of nitrogens with zero attached hydrogens (tertiary/aromatic N) is 2. The van der Waals surface area contributed by atoms with Crippen LogP contribution >= 0.6 is 0 Å². The SMILES string of the molecule is CN1CCC([C@@H]2CCN(C(=O)CC[C@H]3CCCO3)C2)CC1. The van der Waals surface area contributed by atoms with Crippen molar-refractivity contribution >= 4 is 5.91 Å². The summed E-state index contributed by atoms with van der Waals surface area (Å²) in [6.07, 6.45) is 8.13. The quantitative estimate of drug-likeness (QED) is 0.796. The maximum absolute atomic E-state index is 12.3. The lowest BCUT2D eigenvalue weighted by molar-refractivity contribution is -0.131. The van der Waals surface area contributed by atoms with Gasteiger partial charge in [0.25, 0.3) is 0 Å². The maximum Gasteiger partial charge on any atom is 0.222 e. The van der Waals surface area contributed by atoms with Crippen molar-refractivity contribution in [3.63, 3.8) is 0 Å². The van der Waals surface area contributed by atoms with Gasteiger partial charge in [-0.05, 0) is 70.5 Å². The second-order valence-electron chi connectivity index (χ2n) is 7.20. The highest BCUT2D eigenvalue weighted by molar-refractivity contribution is 5.76. The lowest BCUT2D eigenvalue weighted by Crippen LogP contribution is -2.35. The summed E-state index contributed by atoms with van der Waals surface area (Å²) in [6.45, 7) is 5.35. The number of hydrogen-bond donors (Lipinski definition) is 0. The number of piperidine rings is 1. The van der Waals surface area contributed by atoms with Crippen LogP contribution in [0.2, 0.25) is 0 Å². The Bertz CT molecular complexity index is 347. The topological polar surface area (TPSA) is 32.8 Å². The number of likely N-dealkylation sites (tertiary alicyclic amines) is 2. The van der Waals surface area contributed by atoms with Crippen LogP contribution in [-0.4, -0.2) is 61.6 Å². The molecule has 0 aromatic heterocycles. The monoisotopic (exact) mass is 294 g/mol. The van der Waals surface area contributed by atoms with Gasteiger partial charge in [0.05, 0.1) is 6.10 Å². The molecular formula is C17H30N2O2. The fourth-order valence-electron chi connectivity index (χ4n) is 4.21. The molecule has 3 aliphatic heterocycles. The van der Waals surface area contributed by atoms with Crippen LogP contribution in [0.4, 0.5) is 0 Å². The normalized spacial score (nSPS) is 32.0. The Kier molecular flexibility index (Phi) is 5.17. The molecule has 3 saturated heterocycles. The minimum absolute atomic E-state index is 0.348. The van der Waals surface area contributed by atoms with Gasteiger partial charge >= 0.3 is 0 Å². The highest BCUT2D eigenvalue weighted by Crippen LogP contribution is 2.32. The van der Waals surface area contributed by atoms with Gasteiger partial charge in [-0.1, -0.05) is 0 Å². The van der Waals surface area contributed by atoms with Crippen molar-refractivity contribution in [2.75, 3.05) is 39.8 Å². The van der Waals surface area contributed by atoms with E-state index in [-0.39, 0.29) is 0 Å². The fraction of sp³-hybridized carbons (Fsp3) is 0.941. The van der Waals surface area contributed by atoms with E-state index in [4.69, 9.17) is 4.74 Å². The lowest BCUT2D eigenvalue weighted by atomic mass is 9.84. The smallest absolute Gasteiger partial charge is 0.222 e. The zero-order chi connectivity index (χ0) is 14.7. The van der Waals surface area contributed by atoms with Crippen molar-refractivity contribution in [1.29, 1.82) is 0 Å². The standard InChI is InChI=1S/C17H30N2O2/c1-18-9-6-14(7-10-18)15-8-11-19(13-15)17(20)5-4-16-3-2-12-21-16/h14-16H,2-13H2,1H3/t15-,16-/m1/s1. The first-order valence-electron chi connectivity index (χ1n) is 8.80. The molecule has 3 rings (SSSR count). The molecule has 0 unspecified atom stereocenters. The molecule has 2 atom stereocenters. The van der Waals surface area contributed by atoms with E-state index in [2.05, 4.69) is 16.8 Å². The third-order valence-corrected chi connectivity index (χ3v) is 5.71. The van der Waals surface area contributed by atoms with E-state index in [1.807, 2.05) is 0 Å². The molecule has 0 aliphatic carbocycles. The minimum Gasteiger partial charge on any atom is -0.378 e. The number of rotatable bonds is 4. The highest BCUT2D eigenvalue weighted by Gasteiger charge is 2.33. The third kappa shape index (κ3) is 3.98. The molecular weight excluding hydrogens is 264 g/mol. The predicted molar refractivity (Wildman–Crippen MR) is 83.1 cm³/mol. The summed E-state index contributed by atoms with van der Waals surface area (Å²) in [5.41, 5.74) is 0. The van der Waals surface area contributed by atoms with E-state index in [9.17, 15) is 4.79 Å². The number of ether oxygens (including phenoxy) is 1. The molecule has 1 amide bonds. The van der Waals surface area contributed by atoms with E-state index < -0.39 is 0 Å². The molecule has 3 fully saturated rings. The average molecular weight is 294 g/mol. The zero-order valence-corrected chi connectivity index (χ0v) is 13.4. The van der Waals surface area contributed by atoms with E-state index >= 15 is 0 Å². The first-order valence-corrected chi connectivity index (χ1v) is 8.80. The first-order chi connectivity index (χ1) is 10.2. The number of amides is 1. The van der Waals surface area contributed by atoms with Crippen LogP contribution in [-0.2, 0) is 9.53 Å². The molecule has 0 bridgehead atoms. The summed E-state index contributed by atoms with van der Waals surface area (Å²) in [5.74, 6) is 1.96. The van der Waals surface area contributed by atoms with Crippen LogP contribution in [0, 0.1) is 11.8 Å². The van der Waals surface area contributed by atoms with Crippen molar-refractivity contribution in [1.82, 2.24) is 9.80 Å².